The minimum Gasteiger partial charge on any atom is -0.375 e. The molecule has 4 heteroatoms. The summed E-state index contributed by atoms with van der Waals surface area (Å²) in [6.45, 7) is 2.52. The summed E-state index contributed by atoms with van der Waals surface area (Å²) in [5.74, 6) is -0.690. The fourth-order valence-corrected chi connectivity index (χ4v) is 4.37. The Balaban J connectivity index is 1.55. The van der Waals surface area contributed by atoms with E-state index in [2.05, 4.69) is 6.92 Å². The number of benzene rings is 3. The number of aliphatic hydroxyl groups is 1. The highest BCUT2D eigenvalue weighted by Gasteiger charge is 2.50. The molecule has 0 aliphatic carbocycles. The maximum Gasteiger partial charge on any atom is 0.264 e. The van der Waals surface area contributed by atoms with E-state index in [-0.39, 0.29) is 12.2 Å². The molecule has 1 N–H and O–H groups in total. The van der Waals surface area contributed by atoms with Crippen LogP contribution in [0, 0.1) is 0 Å². The van der Waals surface area contributed by atoms with Crippen molar-refractivity contribution in [3.8, 4) is 0 Å². The van der Waals surface area contributed by atoms with Gasteiger partial charge in [0.25, 0.3) is 5.91 Å². The molecule has 0 aromatic heterocycles. The van der Waals surface area contributed by atoms with Crippen molar-refractivity contribution in [2.75, 3.05) is 4.90 Å². The number of anilines is 1. The number of fused-ring (bicyclic) bond motifs is 1. The molecule has 32 heavy (non-hydrogen) atoms. The molecule has 0 spiro atoms. The van der Waals surface area contributed by atoms with Crippen molar-refractivity contribution in [3.63, 3.8) is 0 Å². The van der Waals surface area contributed by atoms with Gasteiger partial charge in [0, 0.05) is 11.1 Å². The molecule has 164 valence electrons. The van der Waals surface area contributed by atoms with Crippen LogP contribution in [0.15, 0.2) is 78.9 Å². The number of para-hydroxylation sites is 1. The second-order valence-corrected chi connectivity index (χ2v) is 8.51. The molecule has 1 atom stereocenters. The smallest absolute Gasteiger partial charge is 0.264 e. The van der Waals surface area contributed by atoms with E-state index in [1.165, 1.54) is 18.4 Å². The first kappa shape index (κ1) is 22.0. The van der Waals surface area contributed by atoms with E-state index in [9.17, 15) is 14.7 Å². The van der Waals surface area contributed by atoms with Gasteiger partial charge in [-0.1, -0.05) is 92.6 Å². The summed E-state index contributed by atoms with van der Waals surface area (Å²) < 4.78 is 0. The number of hydrogen-bond acceptors (Lipinski definition) is 3. The predicted molar refractivity (Wildman–Crippen MR) is 127 cm³/mol. The van der Waals surface area contributed by atoms with Gasteiger partial charge < -0.3 is 10.0 Å². The number of carbonyl (C=O) groups excluding carboxylic acids is 2. The van der Waals surface area contributed by atoms with Crippen LogP contribution in [0.4, 0.5) is 5.69 Å². The first-order valence-corrected chi connectivity index (χ1v) is 11.3. The molecular weight excluding hydrogens is 398 g/mol. The van der Waals surface area contributed by atoms with Crippen molar-refractivity contribution < 1.29 is 14.7 Å². The normalized spacial score (nSPS) is 17.4. The van der Waals surface area contributed by atoms with E-state index in [0.29, 0.717) is 23.4 Å². The molecule has 4 nitrogen and oxygen atoms in total. The molecule has 1 heterocycles. The Bertz CT molecular complexity index is 1090. The van der Waals surface area contributed by atoms with Crippen molar-refractivity contribution in [1.29, 1.82) is 0 Å². The van der Waals surface area contributed by atoms with Crippen molar-refractivity contribution in [2.45, 2.75) is 51.2 Å². The Morgan fingerprint density at radius 1 is 0.875 bits per heavy atom. The fraction of sp³-hybridized carbons (Fsp3) is 0.286. The van der Waals surface area contributed by atoms with Crippen LogP contribution in [-0.2, 0) is 23.4 Å². The van der Waals surface area contributed by atoms with Gasteiger partial charge in [-0.05, 0) is 30.0 Å². The molecule has 3 aromatic carbocycles. The van der Waals surface area contributed by atoms with Crippen molar-refractivity contribution >= 4 is 17.4 Å². The SMILES string of the molecule is CCCCCc1ccc(C(=O)CC2(O)C(=O)N(Cc3ccccc3)c3ccccc32)cc1. The quantitative estimate of drug-likeness (QED) is 0.366. The van der Waals surface area contributed by atoms with Crippen molar-refractivity contribution in [3.05, 3.63) is 101 Å². The maximum absolute atomic E-state index is 13.4. The minimum atomic E-state index is -1.86. The number of amides is 1. The largest absolute Gasteiger partial charge is 0.375 e. The molecule has 1 aliphatic heterocycles. The maximum atomic E-state index is 13.4. The monoisotopic (exact) mass is 427 g/mol. The molecule has 3 aromatic rings. The van der Waals surface area contributed by atoms with Crippen LogP contribution in [-0.4, -0.2) is 16.8 Å². The summed E-state index contributed by atoms with van der Waals surface area (Å²) in [6, 6.07) is 24.4. The first-order chi connectivity index (χ1) is 15.5. The number of nitrogens with zero attached hydrogens (tertiary/aromatic N) is 1. The Kier molecular flexibility index (Phi) is 6.52. The highest BCUT2D eigenvalue weighted by Crippen LogP contribution is 2.43. The third-order valence-corrected chi connectivity index (χ3v) is 6.18. The lowest BCUT2D eigenvalue weighted by atomic mass is 9.88. The third-order valence-electron chi connectivity index (χ3n) is 6.18. The summed E-state index contributed by atoms with van der Waals surface area (Å²) in [5.41, 5.74) is 1.97. The number of unbranched alkanes of at least 4 members (excludes halogenated alkanes) is 2. The molecule has 1 amide bonds. The van der Waals surface area contributed by atoms with Crippen LogP contribution in [0.3, 0.4) is 0 Å². The van der Waals surface area contributed by atoms with E-state index in [1.54, 1.807) is 29.2 Å². The van der Waals surface area contributed by atoms with Gasteiger partial charge in [0.1, 0.15) is 0 Å². The molecule has 0 saturated heterocycles. The zero-order valence-corrected chi connectivity index (χ0v) is 18.5. The van der Waals surface area contributed by atoms with Crippen molar-refractivity contribution in [1.82, 2.24) is 0 Å². The zero-order valence-electron chi connectivity index (χ0n) is 18.5. The lowest BCUT2D eigenvalue weighted by Gasteiger charge is -2.23. The van der Waals surface area contributed by atoms with E-state index < -0.39 is 11.5 Å². The van der Waals surface area contributed by atoms with Gasteiger partial charge in [-0.3, -0.25) is 9.59 Å². The van der Waals surface area contributed by atoms with Gasteiger partial charge in [0.05, 0.1) is 18.7 Å². The Morgan fingerprint density at radius 3 is 2.28 bits per heavy atom. The zero-order chi connectivity index (χ0) is 22.6. The molecule has 1 unspecified atom stereocenters. The summed E-state index contributed by atoms with van der Waals surface area (Å²) in [4.78, 5) is 28.0. The van der Waals surface area contributed by atoms with Crippen LogP contribution < -0.4 is 4.90 Å². The summed E-state index contributed by atoms with van der Waals surface area (Å²) in [6.07, 6.45) is 4.21. The van der Waals surface area contributed by atoms with Gasteiger partial charge >= 0.3 is 0 Å². The molecular formula is C28H29NO3. The highest BCUT2D eigenvalue weighted by atomic mass is 16.3. The third kappa shape index (κ3) is 4.37. The van der Waals surface area contributed by atoms with Crippen molar-refractivity contribution in [2.24, 2.45) is 0 Å². The number of carbonyl (C=O) groups is 2. The predicted octanol–water partition coefficient (Wildman–Crippen LogP) is 5.43. The molecule has 0 saturated carbocycles. The van der Waals surface area contributed by atoms with Crippen LogP contribution >= 0.6 is 0 Å². The molecule has 0 bridgehead atoms. The average molecular weight is 428 g/mol. The Morgan fingerprint density at radius 2 is 1.56 bits per heavy atom. The number of ketones is 1. The fourth-order valence-electron chi connectivity index (χ4n) is 4.37. The number of rotatable bonds is 9. The molecule has 0 radical (unpaired) electrons. The number of hydrogen-bond donors (Lipinski definition) is 1. The standard InChI is InChI=1S/C28H29NO3/c1-2-3-5-10-21-15-17-23(18-16-21)26(30)19-28(32)24-13-8-9-14-25(24)29(27(28)31)20-22-11-6-4-7-12-22/h4,6-9,11-18,32H,2-3,5,10,19-20H2,1H3. The van der Waals surface area contributed by atoms with E-state index >= 15 is 0 Å². The Labute approximate surface area is 189 Å². The van der Waals surface area contributed by atoms with Crippen LogP contribution in [0.25, 0.3) is 0 Å². The second-order valence-electron chi connectivity index (χ2n) is 8.51. The van der Waals surface area contributed by atoms with Gasteiger partial charge in [-0.25, -0.2) is 0 Å². The summed E-state index contributed by atoms with van der Waals surface area (Å²) in [7, 11) is 0. The number of aryl methyl sites for hydroxylation is 1. The summed E-state index contributed by atoms with van der Waals surface area (Å²) >= 11 is 0. The van der Waals surface area contributed by atoms with Crippen LogP contribution in [0.1, 0.15) is 59.7 Å². The average Bonchev–Trinajstić information content (AvgIpc) is 3.02. The van der Waals surface area contributed by atoms with Gasteiger partial charge in [-0.15, -0.1) is 0 Å². The van der Waals surface area contributed by atoms with E-state index in [4.69, 9.17) is 0 Å². The lowest BCUT2D eigenvalue weighted by Crippen LogP contribution is -2.41. The topological polar surface area (TPSA) is 57.6 Å². The van der Waals surface area contributed by atoms with E-state index in [1.807, 2.05) is 54.6 Å². The molecule has 4 rings (SSSR count). The number of Topliss-reactive ketones (excluding diaryl/α,β-unsaturated/α-hetero) is 1. The molecule has 1 aliphatic rings. The summed E-state index contributed by atoms with van der Waals surface area (Å²) in [5, 5.41) is 11.5. The second kappa shape index (κ2) is 9.49. The Hall–Kier alpha value is -3.24. The first-order valence-electron chi connectivity index (χ1n) is 11.3. The van der Waals surface area contributed by atoms with Gasteiger partial charge in [0.15, 0.2) is 11.4 Å². The van der Waals surface area contributed by atoms with Gasteiger partial charge in [-0.2, -0.15) is 0 Å². The van der Waals surface area contributed by atoms with Gasteiger partial charge in [0.2, 0.25) is 0 Å². The minimum absolute atomic E-state index is 0.239. The van der Waals surface area contributed by atoms with E-state index in [0.717, 1.165) is 18.4 Å². The lowest BCUT2D eigenvalue weighted by molar-refractivity contribution is -0.136. The molecule has 0 fully saturated rings. The highest BCUT2D eigenvalue weighted by molar-refractivity contribution is 6.10. The van der Waals surface area contributed by atoms with Crippen LogP contribution in [0.5, 0.6) is 0 Å². The van der Waals surface area contributed by atoms with Crippen LogP contribution in [0.2, 0.25) is 0 Å².